The molecule has 0 saturated carbocycles. The molecule has 3 aromatic rings. The summed E-state index contributed by atoms with van der Waals surface area (Å²) in [5.41, 5.74) is 1.83. The number of non-ortho nitro benzene ring substituents is 1. The number of thiazole rings is 1. The third-order valence-electron chi connectivity index (χ3n) is 5.49. The molecule has 0 spiro atoms. The van der Waals surface area contributed by atoms with Crippen molar-refractivity contribution in [1.29, 1.82) is 0 Å². The van der Waals surface area contributed by atoms with Gasteiger partial charge in [0.1, 0.15) is 5.75 Å². The Bertz CT molecular complexity index is 1570. The number of ether oxygens (including phenoxy) is 1. The number of esters is 1. The number of fused-ring (bicyclic) bond motifs is 1. The fraction of sp³-hybridized carbons (Fsp3) is 0.208. The predicted octanol–water partition coefficient (Wildman–Crippen LogP) is 3.48. The Morgan fingerprint density at radius 1 is 1.31 bits per heavy atom. The van der Waals surface area contributed by atoms with E-state index < -0.39 is 22.5 Å². The van der Waals surface area contributed by atoms with Crippen LogP contribution in [0, 0.1) is 17.0 Å². The molecule has 0 bridgehead atoms. The topological polar surface area (TPSA) is 124 Å². The molecule has 1 aliphatic rings. The van der Waals surface area contributed by atoms with Crippen LogP contribution < -0.4 is 14.9 Å². The average molecular weight is 558 g/mol. The van der Waals surface area contributed by atoms with Crippen molar-refractivity contribution in [3.63, 3.8) is 0 Å². The highest BCUT2D eigenvalue weighted by molar-refractivity contribution is 9.10. The van der Waals surface area contributed by atoms with Gasteiger partial charge in [0.2, 0.25) is 0 Å². The van der Waals surface area contributed by atoms with Crippen molar-refractivity contribution in [2.45, 2.75) is 26.8 Å². The van der Waals surface area contributed by atoms with E-state index in [-0.39, 0.29) is 38.2 Å². The molecule has 9 nitrogen and oxygen atoms in total. The number of carbonyl (C=O) groups is 1. The third-order valence-corrected chi connectivity index (χ3v) is 7.07. The Kier molecular flexibility index (Phi) is 6.73. The summed E-state index contributed by atoms with van der Waals surface area (Å²) in [6, 6.07) is 9.07. The maximum absolute atomic E-state index is 13.6. The van der Waals surface area contributed by atoms with Crippen LogP contribution in [0.1, 0.15) is 36.6 Å². The molecule has 1 aliphatic heterocycles. The number of aromatic hydroxyl groups is 1. The zero-order chi connectivity index (χ0) is 25.4. The molecule has 1 N–H and O–H groups in total. The van der Waals surface area contributed by atoms with Crippen LogP contribution in [-0.4, -0.2) is 27.2 Å². The average Bonchev–Trinajstić information content (AvgIpc) is 3.10. The molecule has 35 heavy (non-hydrogen) atoms. The molecular weight excluding hydrogens is 538 g/mol. The Balaban J connectivity index is 1.98. The minimum Gasteiger partial charge on any atom is -0.506 e. The molecule has 1 aromatic heterocycles. The Morgan fingerprint density at radius 3 is 2.63 bits per heavy atom. The number of hydrogen-bond acceptors (Lipinski definition) is 8. The molecule has 0 unspecified atom stereocenters. The first kappa shape index (κ1) is 24.6. The molecule has 0 amide bonds. The van der Waals surface area contributed by atoms with Crippen LogP contribution in [0.2, 0.25) is 0 Å². The Morgan fingerprint density at radius 2 is 2.00 bits per heavy atom. The van der Waals surface area contributed by atoms with E-state index in [1.54, 1.807) is 13.8 Å². The highest BCUT2D eigenvalue weighted by Gasteiger charge is 2.33. The van der Waals surface area contributed by atoms with E-state index in [2.05, 4.69) is 20.9 Å². The van der Waals surface area contributed by atoms with Gasteiger partial charge in [0, 0.05) is 17.7 Å². The summed E-state index contributed by atoms with van der Waals surface area (Å²) >= 11 is 4.18. The number of halogens is 1. The smallest absolute Gasteiger partial charge is 0.338 e. The van der Waals surface area contributed by atoms with Crippen molar-refractivity contribution >= 4 is 45.0 Å². The number of hydrogen-bond donors (Lipinski definition) is 1. The second-order valence-electron chi connectivity index (χ2n) is 7.84. The zero-order valence-electron chi connectivity index (χ0n) is 18.9. The number of phenolic OH excluding ortho intramolecular Hbond substituents is 1. The number of phenols is 1. The summed E-state index contributed by atoms with van der Waals surface area (Å²) in [7, 11) is 0. The lowest BCUT2D eigenvalue weighted by Crippen LogP contribution is -2.39. The predicted molar refractivity (Wildman–Crippen MR) is 134 cm³/mol. The highest BCUT2D eigenvalue weighted by atomic mass is 79.9. The number of benzene rings is 2. The molecule has 4 rings (SSSR count). The summed E-state index contributed by atoms with van der Waals surface area (Å²) in [4.78, 5) is 42.0. The first-order valence-electron chi connectivity index (χ1n) is 10.6. The largest absolute Gasteiger partial charge is 0.506 e. The number of aryl methyl sites for hydroxylation is 1. The third kappa shape index (κ3) is 4.56. The maximum Gasteiger partial charge on any atom is 0.338 e. The van der Waals surface area contributed by atoms with Crippen LogP contribution in [-0.2, 0) is 9.53 Å². The van der Waals surface area contributed by atoms with Gasteiger partial charge in [-0.15, -0.1) is 0 Å². The van der Waals surface area contributed by atoms with Crippen molar-refractivity contribution in [1.82, 2.24) is 4.57 Å². The standard InChI is InChI=1S/C24H20BrN3O6S/c1-4-34-23(31)19-13(3)26-24-27(20(19)14-7-5-12(2)6-8-14)22(30)18(35-24)10-15-9-16(28(32)33)11-17(25)21(15)29/h5-11,20,29H,4H2,1-3H3/b18-10-/t20-/m1/s1. The molecule has 2 aromatic carbocycles. The highest BCUT2D eigenvalue weighted by Crippen LogP contribution is 2.33. The molecule has 1 atom stereocenters. The lowest BCUT2D eigenvalue weighted by molar-refractivity contribution is -0.385. The summed E-state index contributed by atoms with van der Waals surface area (Å²) in [5, 5.41) is 21.7. The van der Waals surface area contributed by atoms with E-state index in [0.29, 0.717) is 16.1 Å². The van der Waals surface area contributed by atoms with Crippen LogP contribution in [0.15, 0.2) is 61.9 Å². The molecule has 180 valence electrons. The van der Waals surface area contributed by atoms with Crippen molar-refractivity contribution in [3.8, 4) is 5.75 Å². The number of rotatable bonds is 5. The van der Waals surface area contributed by atoms with Gasteiger partial charge in [0.25, 0.3) is 11.2 Å². The second kappa shape index (κ2) is 9.59. The number of carbonyl (C=O) groups excluding carboxylic acids is 1. The minimum absolute atomic E-state index is 0.101. The molecule has 0 saturated heterocycles. The Labute approximate surface area is 211 Å². The van der Waals surface area contributed by atoms with Gasteiger partial charge in [0.15, 0.2) is 4.80 Å². The van der Waals surface area contributed by atoms with E-state index in [1.807, 2.05) is 31.2 Å². The first-order valence-corrected chi connectivity index (χ1v) is 12.2. The second-order valence-corrected chi connectivity index (χ2v) is 9.70. The van der Waals surface area contributed by atoms with E-state index in [0.717, 1.165) is 16.9 Å². The van der Waals surface area contributed by atoms with Crippen LogP contribution in [0.4, 0.5) is 5.69 Å². The number of nitrogens with zero attached hydrogens (tertiary/aromatic N) is 3. The van der Waals surface area contributed by atoms with E-state index in [9.17, 15) is 24.8 Å². The summed E-state index contributed by atoms with van der Waals surface area (Å²) in [6.45, 7) is 5.50. The van der Waals surface area contributed by atoms with Crippen LogP contribution in [0.3, 0.4) is 0 Å². The van der Waals surface area contributed by atoms with Crippen molar-refractivity contribution in [2.24, 2.45) is 4.99 Å². The fourth-order valence-corrected chi connectivity index (χ4v) is 5.32. The molecule has 11 heteroatoms. The van der Waals surface area contributed by atoms with Gasteiger partial charge in [-0.3, -0.25) is 19.5 Å². The van der Waals surface area contributed by atoms with E-state index >= 15 is 0 Å². The summed E-state index contributed by atoms with van der Waals surface area (Å²) < 4.78 is 7.02. The lowest BCUT2D eigenvalue weighted by Gasteiger charge is -2.24. The zero-order valence-corrected chi connectivity index (χ0v) is 21.3. The van der Waals surface area contributed by atoms with Gasteiger partial charge in [0.05, 0.1) is 37.8 Å². The van der Waals surface area contributed by atoms with Gasteiger partial charge < -0.3 is 9.84 Å². The summed E-state index contributed by atoms with van der Waals surface area (Å²) in [5.74, 6) is -0.797. The lowest BCUT2D eigenvalue weighted by atomic mass is 9.95. The van der Waals surface area contributed by atoms with Crippen LogP contribution in [0.5, 0.6) is 5.75 Å². The van der Waals surface area contributed by atoms with Gasteiger partial charge in [-0.1, -0.05) is 41.2 Å². The van der Waals surface area contributed by atoms with Gasteiger partial charge in [-0.05, 0) is 48.3 Å². The van der Waals surface area contributed by atoms with Gasteiger partial charge in [-0.2, -0.15) is 0 Å². The molecule has 2 heterocycles. The normalized spacial score (nSPS) is 15.5. The van der Waals surface area contributed by atoms with Gasteiger partial charge >= 0.3 is 5.97 Å². The fourth-order valence-electron chi connectivity index (χ4n) is 3.82. The number of allylic oxidation sites excluding steroid dienone is 1. The Hall–Kier alpha value is -3.57. The number of nitro benzene ring substituents is 1. The van der Waals surface area contributed by atoms with Crippen molar-refractivity contribution < 1.29 is 19.6 Å². The minimum atomic E-state index is -0.765. The number of nitro groups is 1. The number of aromatic nitrogens is 1. The molecule has 0 fully saturated rings. The van der Waals surface area contributed by atoms with Crippen LogP contribution >= 0.6 is 27.3 Å². The van der Waals surface area contributed by atoms with Gasteiger partial charge in [-0.25, -0.2) is 9.79 Å². The first-order chi connectivity index (χ1) is 16.6. The maximum atomic E-state index is 13.6. The molecule has 0 aliphatic carbocycles. The van der Waals surface area contributed by atoms with E-state index in [1.165, 1.54) is 22.8 Å². The summed E-state index contributed by atoms with van der Waals surface area (Å²) in [6.07, 6.45) is 1.38. The van der Waals surface area contributed by atoms with Crippen molar-refractivity contribution in [2.75, 3.05) is 6.61 Å². The van der Waals surface area contributed by atoms with E-state index in [4.69, 9.17) is 4.74 Å². The monoisotopic (exact) mass is 557 g/mol. The quantitative estimate of drug-likeness (QED) is 0.291. The molecular formula is C24H20BrN3O6S. The SMILES string of the molecule is CCOC(=O)C1=C(C)N=c2s/c(=C\c3cc([N+](=O)[O-])cc(Br)c3O)c(=O)n2[C@@H]1c1ccc(C)cc1. The van der Waals surface area contributed by atoms with Crippen LogP contribution in [0.25, 0.3) is 6.08 Å². The molecule has 0 radical (unpaired) electrons. The van der Waals surface area contributed by atoms with Crippen molar-refractivity contribution in [3.05, 3.63) is 98.6 Å².